The largest absolute Gasteiger partial charge is 0.353 e. The maximum absolute atomic E-state index is 7.96. The van der Waals surface area contributed by atoms with Crippen LogP contribution in [-0.4, -0.2) is 19.5 Å². The molecule has 0 saturated carbocycles. The summed E-state index contributed by atoms with van der Waals surface area (Å²) >= 11 is 7.96. The molecule has 0 heterocycles. The molecule has 3 aromatic carbocycles. The molecule has 0 fully saturated rings. The summed E-state index contributed by atoms with van der Waals surface area (Å²) in [7, 11) is 0. The lowest BCUT2D eigenvalue weighted by atomic mass is 10.0. The number of hydrogen-bond donors (Lipinski definition) is 0. The molecule has 2 nitrogen and oxygen atoms in total. The second-order valence-corrected chi connectivity index (χ2v) is 19.8. The van der Waals surface area contributed by atoms with E-state index in [0.717, 1.165) is 58.2 Å². The number of rotatable bonds is 31. The molecule has 0 unspecified atom stereocenters. The molecule has 0 aliphatic rings. The number of allylic oxidation sites excluding steroid dienone is 2. The smallest absolute Gasteiger partial charge is 0.211 e. The summed E-state index contributed by atoms with van der Waals surface area (Å²) in [6.45, 7) is 10.6. The van der Waals surface area contributed by atoms with E-state index in [-0.39, 0.29) is 6.29 Å². The van der Waals surface area contributed by atoms with E-state index in [1.807, 2.05) is 0 Å². The van der Waals surface area contributed by atoms with E-state index >= 15 is 0 Å². The van der Waals surface area contributed by atoms with Crippen LogP contribution in [0.2, 0.25) is 0 Å². The van der Waals surface area contributed by atoms with Gasteiger partial charge in [-0.25, -0.2) is 0 Å². The lowest BCUT2D eigenvalue weighted by Gasteiger charge is -2.24. The molecule has 3 aromatic rings. The van der Waals surface area contributed by atoms with Gasteiger partial charge in [0.25, 0.3) is 0 Å². The molecule has 4 heteroatoms. The average Bonchev–Trinajstić information content (AvgIpc) is 3.18. The van der Waals surface area contributed by atoms with Crippen molar-refractivity contribution in [2.45, 2.75) is 182 Å². The fourth-order valence-corrected chi connectivity index (χ4v) is 12.7. The molecule has 0 aliphatic heterocycles. The van der Waals surface area contributed by atoms with Crippen molar-refractivity contribution >= 4 is 33.8 Å². The van der Waals surface area contributed by atoms with Crippen molar-refractivity contribution in [1.29, 1.82) is 0 Å². The first-order valence-electron chi connectivity index (χ1n) is 22.1. The number of unbranched alkanes of at least 4 members (excludes halogenated alkanes) is 16. The fraction of sp³-hybridized carbons (Fsp3) is 0.600. The first kappa shape index (κ1) is 46.4. The quantitative estimate of drug-likeness (QED) is 0.0280. The molecule has 0 aliphatic carbocycles. The minimum Gasteiger partial charge on any atom is -0.353 e. The van der Waals surface area contributed by atoms with Crippen LogP contribution in [0.1, 0.15) is 171 Å². The molecule has 0 bridgehead atoms. The van der Waals surface area contributed by atoms with Gasteiger partial charge >= 0.3 is 0 Å². The van der Waals surface area contributed by atoms with Gasteiger partial charge in [0.15, 0.2) is 6.29 Å². The van der Waals surface area contributed by atoms with Gasteiger partial charge in [0.05, 0.1) is 0 Å². The molecule has 0 N–H and O–H groups in total. The third kappa shape index (κ3) is 16.6. The van der Waals surface area contributed by atoms with Crippen LogP contribution in [0.25, 0.3) is 0 Å². The Labute approximate surface area is 338 Å². The van der Waals surface area contributed by atoms with E-state index in [0.29, 0.717) is 0 Å². The zero-order valence-corrected chi connectivity index (χ0v) is 36.8. The average molecular weight is 777 g/mol. The SMILES string of the molecule is CCCCCCCCCOC(CCCCC/C=C/CCCc1cccc([P+](Cl)(c2ccccc2C)c2ccccc2C)c1C)OCCCCCCCCC. The van der Waals surface area contributed by atoms with Gasteiger partial charge in [0.2, 0.25) is 6.62 Å². The maximum atomic E-state index is 7.96. The molecule has 300 valence electrons. The van der Waals surface area contributed by atoms with Gasteiger partial charge in [-0.1, -0.05) is 158 Å². The second kappa shape index (κ2) is 28.4. The number of aryl methyl sites for hydroxylation is 3. The summed E-state index contributed by atoms with van der Waals surface area (Å²) in [5, 5.41) is 3.84. The van der Waals surface area contributed by atoms with E-state index in [9.17, 15) is 0 Å². The second-order valence-electron chi connectivity index (χ2n) is 15.6. The van der Waals surface area contributed by atoms with Crippen molar-refractivity contribution in [1.82, 2.24) is 0 Å². The molecule has 0 aromatic heterocycles. The van der Waals surface area contributed by atoms with Crippen molar-refractivity contribution in [2.75, 3.05) is 13.2 Å². The maximum Gasteiger partial charge on any atom is 0.211 e. The Balaban J connectivity index is 1.42. The summed E-state index contributed by atoms with van der Waals surface area (Å²) in [6.07, 6.45) is 32.4. The van der Waals surface area contributed by atoms with E-state index in [4.69, 9.17) is 20.7 Å². The van der Waals surface area contributed by atoms with Gasteiger partial charge in [0, 0.05) is 13.2 Å². The van der Waals surface area contributed by atoms with Crippen molar-refractivity contribution < 1.29 is 9.47 Å². The Bertz CT molecular complexity index is 1370. The van der Waals surface area contributed by atoms with Crippen molar-refractivity contribution in [3.8, 4) is 0 Å². The van der Waals surface area contributed by atoms with Crippen molar-refractivity contribution in [2.24, 2.45) is 0 Å². The Hall–Kier alpha value is -1.96. The Morgan fingerprint density at radius 3 is 1.52 bits per heavy atom. The number of hydrogen-bond acceptors (Lipinski definition) is 2. The molecule has 0 radical (unpaired) electrons. The highest BCUT2D eigenvalue weighted by atomic mass is 35.7. The minimum atomic E-state index is -2.32. The first-order valence-corrected chi connectivity index (χ1v) is 24.8. The highest BCUT2D eigenvalue weighted by molar-refractivity contribution is 8.15. The zero-order chi connectivity index (χ0) is 38.7. The van der Waals surface area contributed by atoms with E-state index in [1.165, 1.54) is 134 Å². The van der Waals surface area contributed by atoms with Gasteiger partial charge in [-0.3, -0.25) is 0 Å². The fourth-order valence-electron chi connectivity index (χ4n) is 7.64. The molecule has 0 atom stereocenters. The lowest BCUT2D eigenvalue weighted by molar-refractivity contribution is -0.148. The molecular formula is C50H77ClO2P+. The molecule has 0 saturated heterocycles. The van der Waals surface area contributed by atoms with Gasteiger partial charge in [0.1, 0.15) is 27.2 Å². The van der Waals surface area contributed by atoms with E-state index in [2.05, 4.69) is 114 Å². The normalized spacial score (nSPS) is 12.1. The number of halogens is 1. The van der Waals surface area contributed by atoms with Crippen molar-refractivity contribution in [3.05, 3.63) is 101 Å². The standard InChI is InChI=1S/C50H77ClO2P/c1-6-8-10-12-18-22-30-41-52-50(53-42-31-23-19-13-11-9-7-2)40-25-21-17-15-14-16-20-24-35-46-36-32-39-49(45(46)5)54(51,47-37-28-26-33-43(47)3)48-38-29-27-34-44(48)4/h14,16,26-29,32-34,36-39,50H,6-13,15,17-25,30-31,35,40-42H2,1-5H3/q+1/b16-14+. The summed E-state index contributed by atoms with van der Waals surface area (Å²) in [6, 6.07) is 24.2. The van der Waals surface area contributed by atoms with Gasteiger partial charge in [-0.2, -0.15) is 0 Å². The van der Waals surface area contributed by atoms with Gasteiger partial charge < -0.3 is 9.47 Å². The third-order valence-corrected chi connectivity index (χ3v) is 16.2. The topological polar surface area (TPSA) is 18.5 Å². The Morgan fingerprint density at radius 2 is 0.981 bits per heavy atom. The van der Waals surface area contributed by atoms with Crippen LogP contribution < -0.4 is 15.9 Å². The van der Waals surface area contributed by atoms with Gasteiger partial charge in [-0.15, -0.1) is 0 Å². The predicted octanol–water partition coefficient (Wildman–Crippen LogP) is 14.7. The van der Waals surface area contributed by atoms with Crippen LogP contribution in [-0.2, 0) is 15.9 Å². The van der Waals surface area contributed by atoms with Crippen molar-refractivity contribution in [3.63, 3.8) is 0 Å². The highest BCUT2D eigenvalue weighted by Gasteiger charge is 2.48. The van der Waals surface area contributed by atoms with E-state index < -0.39 is 6.62 Å². The van der Waals surface area contributed by atoms with Crippen LogP contribution >= 0.6 is 17.9 Å². The predicted molar refractivity (Wildman–Crippen MR) is 242 cm³/mol. The summed E-state index contributed by atoms with van der Waals surface area (Å²) in [5.41, 5.74) is 5.30. The first-order chi connectivity index (χ1) is 26.4. The van der Waals surface area contributed by atoms with Crippen LogP contribution in [0.15, 0.2) is 78.9 Å². The summed E-state index contributed by atoms with van der Waals surface area (Å²) < 4.78 is 12.6. The zero-order valence-electron chi connectivity index (χ0n) is 35.2. The molecule has 54 heavy (non-hydrogen) atoms. The Kier molecular flexibility index (Phi) is 24.4. The summed E-state index contributed by atoms with van der Waals surface area (Å²) in [5.74, 6) is 0. The number of benzene rings is 3. The molecular weight excluding hydrogens is 699 g/mol. The molecule has 0 spiro atoms. The van der Waals surface area contributed by atoms with E-state index in [1.54, 1.807) is 0 Å². The lowest BCUT2D eigenvalue weighted by Crippen LogP contribution is -2.32. The summed E-state index contributed by atoms with van der Waals surface area (Å²) in [4.78, 5) is 0. The highest BCUT2D eigenvalue weighted by Crippen LogP contribution is 2.62. The number of ether oxygens (including phenoxy) is 2. The van der Waals surface area contributed by atoms with Crippen LogP contribution in [0.4, 0.5) is 0 Å². The minimum absolute atomic E-state index is 0.0257. The monoisotopic (exact) mass is 776 g/mol. The third-order valence-electron chi connectivity index (χ3n) is 11.0. The molecule has 0 amide bonds. The Morgan fingerprint density at radius 1 is 0.519 bits per heavy atom. The molecule has 3 rings (SSSR count). The van der Waals surface area contributed by atoms with Crippen LogP contribution in [0.5, 0.6) is 0 Å². The van der Waals surface area contributed by atoms with Gasteiger partial charge in [-0.05, 0) is 119 Å². The van der Waals surface area contributed by atoms with Crippen LogP contribution in [0, 0.1) is 20.8 Å². The van der Waals surface area contributed by atoms with Crippen LogP contribution in [0.3, 0.4) is 0 Å².